The van der Waals surface area contributed by atoms with E-state index in [4.69, 9.17) is 10.5 Å². The molecule has 1 aromatic heterocycles. The number of amides is 2. The minimum atomic E-state index is -1.39. The molecule has 2 aromatic rings. The van der Waals surface area contributed by atoms with E-state index in [0.717, 1.165) is 11.1 Å². The number of nitrogens with zero attached hydrogens (tertiary/aromatic N) is 2. The maximum Gasteiger partial charge on any atom is 0.254 e. The van der Waals surface area contributed by atoms with Crippen molar-refractivity contribution in [1.82, 2.24) is 9.88 Å². The van der Waals surface area contributed by atoms with Gasteiger partial charge in [-0.1, -0.05) is 29.8 Å². The number of carbonyl (C=O) groups excluding carboxylic acids is 2. The second kappa shape index (κ2) is 8.68. The van der Waals surface area contributed by atoms with Gasteiger partial charge in [0.1, 0.15) is 11.7 Å². The molecule has 2 heterocycles. The number of ether oxygens (including phenoxy) is 1. The zero-order valence-corrected chi connectivity index (χ0v) is 17.0. The molecule has 2 atom stereocenters. The number of hydrogen-bond acceptors (Lipinski definition) is 4. The van der Waals surface area contributed by atoms with Crippen molar-refractivity contribution in [3.05, 3.63) is 57.7 Å². The molecule has 1 fully saturated rings. The Bertz CT molecular complexity index is 875. The third kappa shape index (κ3) is 4.86. The summed E-state index contributed by atoms with van der Waals surface area (Å²) < 4.78 is 20.9. The lowest BCUT2D eigenvalue weighted by Gasteiger charge is -2.34. The molecule has 0 spiro atoms. The van der Waals surface area contributed by atoms with Crippen LogP contribution in [-0.4, -0.2) is 47.1 Å². The molecule has 148 valence electrons. The third-order valence-corrected chi connectivity index (χ3v) is 5.09. The molecule has 6 nitrogen and oxygen atoms in total. The van der Waals surface area contributed by atoms with Crippen molar-refractivity contribution < 1.29 is 18.7 Å². The molecular formula is C20H21BrFN3O3. The van der Waals surface area contributed by atoms with Crippen LogP contribution in [0.15, 0.2) is 41.0 Å². The third-order valence-electron chi connectivity index (χ3n) is 4.66. The summed E-state index contributed by atoms with van der Waals surface area (Å²) in [6.45, 7) is 2.30. The SMILES string of the molecule is Cc1ccc(CC(=O)N2CCC(Oc3ncc(Br)cc3C(N)=O)[C@@H](F)C2)cc1. The predicted molar refractivity (Wildman–Crippen MR) is 106 cm³/mol. The van der Waals surface area contributed by atoms with Gasteiger partial charge in [0.25, 0.3) is 5.91 Å². The lowest BCUT2D eigenvalue weighted by molar-refractivity contribution is -0.134. The van der Waals surface area contributed by atoms with Crippen LogP contribution >= 0.6 is 15.9 Å². The Hall–Kier alpha value is -2.48. The Morgan fingerprint density at radius 3 is 2.71 bits per heavy atom. The molecule has 8 heteroatoms. The predicted octanol–water partition coefficient (Wildman–Crippen LogP) is 2.81. The van der Waals surface area contributed by atoms with Gasteiger partial charge in [-0.15, -0.1) is 0 Å². The van der Waals surface area contributed by atoms with E-state index in [-0.39, 0.29) is 30.3 Å². The summed E-state index contributed by atoms with van der Waals surface area (Å²) in [4.78, 5) is 29.6. The second-order valence-corrected chi connectivity index (χ2v) is 7.75. The molecule has 2 amide bonds. The number of benzene rings is 1. The van der Waals surface area contributed by atoms with Crippen LogP contribution in [0.1, 0.15) is 27.9 Å². The summed E-state index contributed by atoms with van der Waals surface area (Å²) in [6.07, 6.45) is -0.193. The van der Waals surface area contributed by atoms with E-state index in [1.54, 1.807) is 0 Å². The van der Waals surface area contributed by atoms with Gasteiger partial charge in [0.2, 0.25) is 11.8 Å². The van der Waals surface area contributed by atoms with Gasteiger partial charge >= 0.3 is 0 Å². The highest BCUT2D eigenvalue weighted by Gasteiger charge is 2.34. The van der Waals surface area contributed by atoms with E-state index < -0.39 is 18.2 Å². The molecule has 0 aliphatic carbocycles. The number of rotatable bonds is 5. The van der Waals surface area contributed by atoms with Gasteiger partial charge in [-0.2, -0.15) is 0 Å². The van der Waals surface area contributed by atoms with Gasteiger partial charge < -0.3 is 15.4 Å². The van der Waals surface area contributed by atoms with Crippen LogP contribution in [0, 0.1) is 6.92 Å². The minimum Gasteiger partial charge on any atom is -0.471 e. The summed E-state index contributed by atoms with van der Waals surface area (Å²) in [5.41, 5.74) is 7.44. The number of piperidine rings is 1. The standard InChI is InChI=1S/C20H21BrFN3O3/c1-12-2-4-13(5-3-12)8-18(26)25-7-6-17(16(22)11-25)28-20-15(19(23)27)9-14(21)10-24-20/h2-5,9-10,16-17H,6-8,11H2,1H3,(H2,23,27)/t16-,17?/m0/s1. The molecule has 1 aliphatic rings. The molecule has 1 aliphatic heterocycles. The Kier molecular flexibility index (Phi) is 6.28. The van der Waals surface area contributed by atoms with Gasteiger partial charge in [0, 0.05) is 23.6 Å². The van der Waals surface area contributed by atoms with Crippen LogP contribution in [0.25, 0.3) is 0 Å². The van der Waals surface area contributed by atoms with Crippen LogP contribution in [0.3, 0.4) is 0 Å². The maximum absolute atomic E-state index is 14.7. The number of primary amides is 1. The second-order valence-electron chi connectivity index (χ2n) is 6.83. The Morgan fingerprint density at radius 2 is 2.07 bits per heavy atom. The molecule has 0 saturated carbocycles. The number of aromatic nitrogens is 1. The van der Waals surface area contributed by atoms with E-state index in [9.17, 15) is 14.0 Å². The van der Waals surface area contributed by atoms with Crippen molar-refractivity contribution in [2.75, 3.05) is 13.1 Å². The highest BCUT2D eigenvalue weighted by atomic mass is 79.9. The van der Waals surface area contributed by atoms with Crippen LogP contribution < -0.4 is 10.5 Å². The average Bonchev–Trinajstić information content (AvgIpc) is 2.66. The topological polar surface area (TPSA) is 85.5 Å². The van der Waals surface area contributed by atoms with Crippen molar-refractivity contribution in [3.63, 3.8) is 0 Å². The van der Waals surface area contributed by atoms with Crippen LogP contribution in [0.4, 0.5) is 4.39 Å². The molecule has 1 unspecified atom stereocenters. The van der Waals surface area contributed by atoms with Crippen molar-refractivity contribution in [2.45, 2.75) is 32.0 Å². The van der Waals surface area contributed by atoms with Crippen LogP contribution in [0.2, 0.25) is 0 Å². The fourth-order valence-corrected chi connectivity index (χ4v) is 3.41. The first-order chi connectivity index (χ1) is 13.3. The Balaban J connectivity index is 1.61. The van der Waals surface area contributed by atoms with Gasteiger partial charge in [0.05, 0.1) is 13.0 Å². The number of pyridine rings is 1. The number of likely N-dealkylation sites (tertiary alicyclic amines) is 1. The summed E-state index contributed by atoms with van der Waals surface area (Å²) in [6, 6.07) is 9.18. The summed E-state index contributed by atoms with van der Waals surface area (Å²) in [5, 5.41) is 0. The van der Waals surface area contributed by atoms with E-state index in [1.165, 1.54) is 17.2 Å². The first-order valence-electron chi connectivity index (χ1n) is 8.93. The number of aryl methyl sites for hydroxylation is 1. The van der Waals surface area contributed by atoms with Crippen LogP contribution in [0.5, 0.6) is 5.88 Å². The fraction of sp³-hybridized carbons (Fsp3) is 0.350. The number of hydrogen-bond donors (Lipinski definition) is 1. The Labute approximate surface area is 171 Å². The summed E-state index contributed by atoms with van der Waals surface area (Å²) >= 11 is 3.21. The molecule has 1 saturated heterocycles. The van der Waals surface area contributed by atoms with Gasteiger partial charge in [0.15, 0.2) is 6.17 Å². The number of alkyl halides is 1. The lowest BCUT2D eigenvalue weighted by atomic mass is 10.0. The fourth-order valence-electron chi connectivity index (χ4n) is 3.08. The molecular weight excluding hydrogens is 429 g/mol. The normalized spacial score (nSPS) is 19.3. The molecule has 0 bridgehead atoms. The van der Waals surface area contributed by atoms with E-state index >= 15 is 0 Å². The van der Waals surface area contributed by atoms with Crippen molar-refractivity contribution >= 4 is 27.7 Å². The zero-order valence-electron chi connectivity index (χ0n) is 15.4. The van der Waals surface area contributed by atoms with Crippen LogP contribution in [-0.2, 0) is 11.2 Å². The minimum absolute atomic E-state index is 0.00258. The first-order valence-corrected chi connectivity index (χ1v) is 9.72. The summed E-state index contributed by atoms with van der Waals surface area (Å²) in [7, 11) is 0. The van der Waals surface area contributed by atoms with Crippen molar-refractivity contribution in [1.29, 1.82) is 0 Å². The van der Waals surface area contributed by atoms with Gasteiger partial charge in [-0.05, 0) is 34.5 Å². The van der Waals surface area contributed by atoms with Crippen molar-refractivity contribution in [3.8, 4) is 5.88 Å². The smallest absolute Gasteiger partial charge is 0.254 e. The monoisotopic (exact) mass is 449 g/mol. The van der Waals surface area contributed by atoms with E-state index in [1.807, 2.05) is 31.2 Å². The van der Waals surface area contributed by atoms with E-state index in [0.29, 0.717) is 17.4 Å². The molecule has 28 heavy (non-hydrogen) atoms. The van der Waals surface area contributed by atoms with Crippen molar-refractivity contribution in [2.24, 2.45) is 5.73 Å². The number of nitrogens with two attached hydrogens (primary N) is 1. The highest BCUT2D eigenvalue weighted by Crippen LogP contribution is 2.25. The Morgan fingerprint density at radius 1 is 1.36 bits per heavy atom. The quantitative estimate of drug-likeness (QED) is 0.760. The lowest BCUT2D eigenvalue weighted by Crippen LogP contribution is -2.49. The number of halogens is 2. The maximum atomic E-state index is 14.7. The first kappa shape index (κ1) is 20.3. The number of carbonyl (C=O) groups is 2. The highest BCUT2D eigenvalue weighted by molar-refractivity contribution is 9.10. The average molecular weight is 450 g/mol. The molecule has 1 aromatic carbocycles. The summed E-state index contributed by atoms with van der Waals surface area (Å²) in [5.74, 6) is -0.822. The molecule has 3 rings (SSSR count). The largest absolute Gasteiger partial charge is 0.471 e. The van der Waals surface area contributed by atoms with E-state index in [2.05, 4.69) is 20.9 Å². The molecule has 2 N–H and O–H groups in total. The van der Waals surface area contributed by atoms with Gasteiger partial charge in [-0.25, -0.2) is 9.37 Å². The molecule has 0 radical (unpaired) electrons. The zero-order chi connectivity index (χ0) is 20.3. The van der Waals surface area contributed by atoms with Gasteiger partial charge in [-0.3, -0.25) is 9.59 Å².